The summed E-state index contributed by atoms with van der Waals surface area (Å²) in [4.78, 5) is 14.4. The third-order valence-electron chi connectivity index (χ3n) is 3.27. The Morgan fingerprint density at radius 2 is 2.06 bits per heavy atom. The van der Waals surface area contributed by atoms with Gasteiger partial charge in [0, 0.05) is 0 Å². The van der Waals surface area contributed by atoms with E-state index in [2.05, 4.69) is 18.7 Å². The highest BCUT2D eigenvalue weighted by Gasteiger charge is 2.33. The molecule has 0 spiro atoms. The molecule has 0 bridgehead atoms. The highest BCUT2D eigenvalue weighted by Crippen LogP contribution is 2.21. The molecule has 1 atom stereocenters. The lowest BCUT2D eigenvalue weighted by atomic mass is 10.1. The summed E-state index contributed by atoms with van der Waals surface area (Å²) in [6, 6.07) is -0.00335. The van der Waals surface area contributed by atoms with Crippen molar-refractivity contribution in [3.63, 3.8) is 0 Å². The third-order valence-corrected chi connectivity index (χ3v) is 3.27. The lowest BCUT2D eigenvalue weighted by Gasteiger charge is -2.27. The number of likely N-dealkylation sites (tertiary alicyclic amines) is 1. The van der Waals surface area contributed by atoms with E-state index in [-0.39, 0.29) is 17.6 Å². The lowest BCUT2D eigenvalue weighted by molar-refractivity contribution is -0.160. The minimum Gasteiger partial charge on any atom is -0.459 e. The SMILES string of the molecule is CC(C)CCCN1CCC[C@@H]1C(=O)OC(C)(C)C. The second-order valence-electron chi connectivity index (χ2n) is 6.76. The van der Waals surface area contributed by atoms with Gasteiger partial charge in [-0.3, -0.25) is 9.69 Å². The molecule has 0 N–H and O–H groups in total. The molecule has 18 heavy (non-hydrogen) atoms. The molecule has 0 aliphatic carbocycles. The summed E-state index contributed by atoms with van der Waals surface area (Å²) in [7, 11) is 0. The van der Waals surface area contributed by atoms with Gasteiger partial charge in [0.25, 0.3) is 0 Å². The van der Waals surface area contributed by atoms with Crippen LogP contribution in [0.15, 0.2) is 0 Å². The molecule has 106 valence electrons. The number of hydrogen-bond acceptors (Lipinski definition) is 3. The van der Waals surface area contributed by atoms with E-state index >= 15 is 0 Å². The van der Waals surface area contributed by atoms with E-state index in [1.165, 1.54) is 12.8 Å². The largest absolute Gasteiger partial charge is 0.459 e. The van der Waals surface area contributed by atoms with Crippen LogP contribution in [0.25, 0.3) is 0 Å². The van der Waals surface area contributed by atoms with Crippen LogP contribution in [0.1, 0.15) is 60.3 Å². The van der Waals surface area contributed by atoms with E-state index in [1.54, 1.807) is 0 Å². The maximum Gasteiger partial charge on any atom is 0.323 e. The van der Waals surface area contributed by atoms with Gasteiger partial charge in [-0.25, -0.2) is 0 Å². The van der Waals surface area contributed by atoms with E-state index in [0.29, 0.717) is 0 Å². The van der Waals surface area contributed by atoms with Gasteiger partial charge in [0.2, 0.25) is 0 Å². The maximum atomic E-state index is 12.1. The van der Waals surface area contributed by atoms with Crippen LogP contribution < -0.4 is 0 Å². The first-order valence-electron chi connectivity index (χ1n) is 7.26. The van der Waals surface area contributed by atoms with Gasteiger partial charge in [0.1, 0.15) is 11.6 Å². The number of ether oxygens (including phenoxy) is 1. The Bertz CT molecular complexity index is 268. The fourth-order valence-electron chi connectivity index (χ4n) is 2.43. The Kier molecular flexibility index (Phi) is 5.64. The normalized spacial score (nSPS) is 21.6. The van der Waals surface area contributed by atoms with E-state index in [1.807, 2.05) is 20.8 Å². The molecule has 0 aromatic heterocycles. The van der Waals surface area contributed by atoms with Crippen LogP contribution in [0.4, 0.5) is 0 Å². The van der Waals surface area contributed by atoms with E-state index in [0.717, 1.165) is 31.8 Å². The Balaban J connectivity index is 2.41. The third kappa shape index (κ3) is 5.38. The number of nitrogens with zero attached hydrogens (tertiary/aromatic N) is 1. The summed E-state index contributed by atoms with van der Waals surface area (Å²) in [5.74, 6) is 0.706. The van der Waals surface area contributed by atoms with Gasteiger partial charge in [0.15, 0.2) is 0 Å². The number of rotatable bonds is 5. The molecule has 3 nitrogen and oxygen atoms in total. The molecule has 1 heterocycles. The highest BCUT2D eigenvalue weighted by molar-refractivity contribution is 5.76. The average Bonchev–Trinajstić information content (AvgIpc) is 2.62. The molecular weight excluding hydrogens is 226 g/mol. The number of carbonyl (C=O) groups is 1. The molecule has 1 fully saturated rings. The second kappa shape index (κ2) is 6.55. The van der Waals surface area contributed by atoms with Gasteiger partial charge in [-0.15, -0.1) is 0 Å². The molecule has 0 radical (unpaired) electrons. The predicted molar refractivity (Wildman–Crippen MR) is 74.5 cm³/mol. The van der Waals surface area contributed by atoms with Crippen molar-refractivity contribution in [2.24, 2.45) is 5.92 Å². The maximum absolute atomic E-state index is 12.1. The van der Waals surface area contributed by atoms with Crippen LogP contribution in [0.3, 0.4) is 0 Å². The van der Waals surface area contributed by atoms with Crippen LogP contribution in [-0.2, 0) is 9.53 Å². The van der Waals surface area contributed by atoms with Crippen LogP contribution >= 0.6 is 0 Å². The monoisotopic (exact) mass is 255 g/mol. The summed E-state index contributed by atoms with van der Waals surface area (Å²) in [5.41, 5.74) is -0.372. The van der Waals surface area contributed by atoms with Crippen LogP contribution in [0, 0.1) is 5.92 Å². The fraction of sp³-hybridized carbons (Fsp3) is 0.933. The van der Waals surface area contributed by atoms with Crippen molar-refractivity contribution < 1.29 is 9.53 Å². The quantitative estimate of drug-likeness (QED) is 0.706. The molecule has 1 aliphatic rings. The van der Waals surface area contributed by atoms with Crippen molar-refractivity contribution in [2.45, 2.75) is 71.9 Å². The zero-order valence-corrected chi connectivity index (χ0v) is 12.7. The molecule has 0 saturated carbocycles. The van der Waals surface area contributed by atoms with Gasteiger partial charge < -0.3 is 4.74 Å². The van der Waals surface area contributed by atoms with Crippen LogP contribution in [-0.4, -0.2) is 35.6 Å². The first-order valence-corrected chi connectivity index (χ1v) is 7.26. The van der Waals surface area contributed by atoms with Gasteiger partial charge >= 0.3 is 5.97 Å². The second-order valence-corrected chi connectivity index (χ2v) is 6.76. The molecule has 1 rings (SSSR count). The first kappa shape index (κ1) is 15.5. The molecule has 0 aromatic rings. The predicted octanol–water partition coefficient (Wildman–Crippen LogP) is 3.23. The van der Waals surface area contributed by atoms with Crippen molar-refractivity contribution in [1.29, 1.82) is 0 Å². The molecule has 0 aromatic carbocycles. The zero-order chi connectivity index (χ0) is 13.8. The molecule has 3 heteroatoms. The van der Waals surface area contributed by atoms with E-state index < -0.39 is 0 Å². The van der Waals surface area contributed by atoms with Gasteiger partial charge in [-0.1, -0.05) is 13.8 Å². The molecule has 0 unspecified atom stereocenters. The Morgan fingerprint density at radius 1 is 1.39 bits per heavy atom. The van der Waals surface area contributed by atoms with Gasteiger partial charge in [0.05, 0.1) is 0 Å². The smallest absolute Gasteiger partial charge is 0.323 e. The van der Waals surface area contributed by atoms with Crippen molar-refractivity contribution in [2.75, 3.05) is 13.1 Å². The molecular formula is C15H29NO2. The standard InChI is InChI=1S/C15H29NO2/c1-12(2)8-6-10-16-11-7-9-13(16)14(17)18-15(3,4)5/h12-13H,6-11H2,1-5H3/t13-/m1/s1. The average molecular weight is 255 g/mol. The molecule has 0 amide bonds. The highest BCUT2D eigenvalue weighted by atomic mass is 16.6. The minimum atomic E-state index is -0.372. The van der Waals surface area contributed by atoms with Crippen molar-refractivity contribution >= 4 is 5.97 Å². The van der Waals surface area contributed by atoms with Crippen molar-refractivity contribution in [3.8, 4) is 0 Å². The fourth-order valence-corrected chi connectivity index (χ4v) is 2.43. The van der Waals surface area contributed by atoms with Crippen LogP contribution in [0.5, 0.6) is 0 Å². The summed E-state index contributed by atoms with van der Waals surface area (Å²) < 4.78 is 5.50. The topological polar surface area (TPSA) is 29.5 Å². The number of hydrogen-bond donors (Lipinski definition) is 0. The number of esters is 1. The minimum absolute atomic E-state index is 0.00335. The van der Waals surface area contributed by atoms with Crippen molar-refractivity contribution in [1.82, 2.24) is 4.90 Å². The lowest BCUT2D eigenvalue weighted by Crippen LogP contribution is -2.40. The van der Waals surface area contributed by atoms with E-state index in [9.17, 15) is 4.79 Å². The first-order chi connectivity index (χ1) is 8.29. The molecule has 1 aliphatic heterocycles. The van der Waals surface area contributed by atoms with Gasteiger partial charge in [-0.05, 0) is 65.5 Å². The summed E-state index contributed by atoms with van der Waals surface area (Å²) in [6.45, 7) is 12.4. The summed E-state index contributed by atoms with van der Waals surface area (Å²) in [6.07, 6.45) is 4.48. The van der Waals surface area contributed by atoms with Crippen LogP contribution in [0.2, 0.25) is 0 Å². The zero-order valence-electron chi connectivity index (χ0n) is 12.7. The van der Waals surface area contributed by atoms with Crippen molar-refractivity contribution in [3.05, 3.63) is 0 Å². The van der Waals surface area contributed by atoms with Gasteiger partial charge in [-0.2, -0.15) is 0 Å². The molecule has 1 saturated heterocycles. The van der Waals surface area contributed by atoms with E-state index in [4.69, 9.17) is 4.74 Å². The summed E-state index contributed by atoms with van der Waals surface area (Å²) >= 11 is 0. The Hall–Kier alpha value is -0.570. The summed E-state index contributed by atoms with van der Waals surface area (Å²) in [5, 5.41) is 0. The Morgan fingerprint density at radius 3 is 2.61 bits per heavy atom. The number of carbonyl (C=O) groups excluding carboxylic acids is 1. The Labute approximate surface area is 112 Å².